The quantitative estimate of drug-likeness (QED) is 0.594. The molecule has 0 radical (unpaired) electrons. The first kappa shape index (κ1) is 21.4. The van der Waals surface area contributed by atoms with Crippen LogP contribution in [0.4, 0.5) is 13.8 Å². The van der Waals surface area contributed by atoms with Crippen LogP contribution in [0, 0.1) is 18.6 Å². The Morgan fingerprint density at radius 3 is 2.69 bits per heavy atom. The van der Waals surface area contributed by atoms with E-state index in [0.29, 0.717) is 15.6 Å². The minimum absolute atomic E-state index is 0.0106. The van der Waals surface area contributed by atoms with Gasteiger partial charge in [-0.05, 0) is 24.0 Å². The fraction of sp³-hybridized carbons (Fsp3) is 0.100. The van der Waals surface area contributed by atoms with Crippen LogP contribution in [0.3, 0.4) is 0 Å². The number of halogens is 2. The highest BCUT2D eigenvalue weighted by molar-refractivity contribution is 8.06. The zero-order valence-corrected chi connectivity index (χ0v) is 17.6. The topological polar surface area (TPSA) is 66.4 Å². The molecule has 0 atom stereocenters. The van der Waals surface area contributed by atoms with Gasteiger partial charge < -0.3 is 10.4 Å². The van der Waals surface area contributed by atoms with Crippen LogP contribution in [0.5, 0.6) is 0 Å². The molecule has 1 aliphatic heterocycles. The van der Waals surface area contributed by atoms with Gasteiger partial charge in [0.05, 0.1) is 4.91 Å². The summed E-state index contributed by atoms with van der Waals surface area (Å²) in [6.45, 7) is 5.26. The van der Waals surface area contributed by atoms with Crippen molar-refractivity contribution in [2.24, 2.45) is 0 Å². The molecular weight excluding hydrogens is 436 g/mol. The molecule has 0 fully saturated rings. The summed E-state index contributed by atoms with van der Waals surface area (Å²) in [4.78, 5) is 25.6. The average Bonchev–Trinajstić information content (AvgIpc) is 3.06. The molecule has 2 aromatic rings. The Morgan fingerprint density at radius 2 is 1.97 bits per heavy atom. The molecule has 0 unspecified atom stereocenters. The van der Waals surface area contributed by atoms with Gasteiger partial charge in [-0.15, -0.1) is 23.1 Å². The van der Waals surface area contributed by atoms with Gasteiger partial charge in [-0.3, -0.25) is 4.79 Å². The van der Waals surface area contributed by atoms with Gasteiger partial charge in [0, 0.05) is 27.2 Å². The van der Waals surface area contributed by atoms with E-state index in [2.05, 4.69) is 11.9 Å². The van der Waals surface area contributed by atoms with Crippen molar-refractivity contribution in [3.8, 4) is 11.1 Å². The predicted octanol–water partition coefficient (Wildman–Crippen LogP) is 6.03. The summed E-state index contributed by atoms with van der Waals surface area (Å²) in [5.41, 5.74) is -0.324. The third-order valence-electron chi connectivity index (χ3n) is 3.96. The summed E-state index contributed by atoms with van der Waals surface area (Å²) in [5, 5.41) is 15.6. The van der Waals surface area contributed by atoms with Gasteiger partial charge in [0.25, 0.3) is 5.91 Å². The van der Waals surface area contributed by atoms with Crippen molar-refractivity contribution in [3.05, 3.63) is 74.2 Å². The minimum atomic E-state index is -1.35. The Kier molecular flexibility index (Phi) is 6.61. The van der Waals surface area contributed by atoms with E-state index < -0.39 is 23.5 Å². The highest BCUT2D eigenvalue weighted by Gasteiger charge is 2.25. The van der Waals surface area contributed by atoms with E-state index in [4.69, 9.17) is 0 Å². The molecule has 3 rings (SSSR count). The normalized spacial score (nSPS) is 17.1. The second-order valence-corrected chi connectivity index (χ2v) is 8.92. The van der Waals surface area contributed by atoms with Crippen molar-refractivity contribution < 1.29 is 23.5 Å². The Balaban J connectivity index is 1.97. The van der Waals surface area contributed by atoms with Crippen LogP contribution in [0.2, 0.25) is 0 Å². The van der Waals surface area contributed by atoms with Crippen LogP contribution in [-0.4, -0.2) is 22.7 Å². The second kappa shape index (κ2) is 8.98. The lowest BCUT2D eigenvalue weighted by Gasteiger charge is -2.10. The van der Waals surface area contributed by atoms with Gasteiger partial charge in [0.1, 0.15) is 10.6 Å². The van der Waals surface area contributed by atoms with Gasteiger partial charge >= 0.3 is 5.97 Å². The van der Waals surface area contributed by atoms with Gasteiger partial charge in [0.15, 0.2) is 11.6 Å². The van der Waals surface area contributed by atoms with Gasteiger partial charge in [-0.2, -0.15) is 0 Å². The molecule has 0 saturated heterocycles. The zero-order valence-electron chi connectivity index (χ0n) is 15.1. The Labute approximate surface area is 178 Å². The number of hydrogen-bond donors (Lipinski definition) is 2. The van der Waals surface area contributed by atoms with E-state index in [9.17, 15) is 23.5 Å². The lowest BCUT2D eigenvalue weighted by atomic mass is 10.0. The number of carbonyl (C=O) groups excluding carboxylic acids is 1. The van der Waals surface area contributed by atoms with Crippen molar-refractivity contribution in [1.82, 2.24) is 0 Å². The number of thiophene rings is 1. The number of rotatable bonds is 4. The smallest absolute Gasteiger partial charge is 0.339 e. The van der Waals surface area contributed by atoms with Crippen LogP contribution < -0.4 is 5.32 Å². The summed E-state index contributed by atoms with van der Waals surface area (Å²) >= 11 is 3.61. The molecule has 0 bridgehead atoms. The van der Waals surface area contributed by atoms with E-state index in [1.165, 1.54) is 48.0 Å². The van der Waals surface area contributed by atoms with Crippen molar-refractivity contribution in [3.63, 3.8) is 0 Å². The molecule has 0 spiro atoms. The summed E-state index contributed by atoms with van der Waals surface area (Å²) in [6.07, 6.45) is 3.51. The summed E-state index contributed by atoms with van der Waals surface area (Å²) in [5.74, 6) is -3.41. The number of nitrogens with one attached hydrogen (secondary N) is 1. The molecule has 2 heterocycles. The second-order valence-electron chi connectivity index (χ2n) is 5.95. The molecule has 1 amide bonds. The molecule has 0 aliphatic carbocycles. The molecule has 0 saturated carbocycles. The number of carboxylic acid groups (broad SMARTS) is 1. The summed E-state index contributed by atoms with van der Waals surface area (Å²) < 4.78 is 28.4. The first-order chi connectivity index (χ1) is 13.8. The maximum atomic E-state index is 14.4. The highest BCUT2D eigenvalue weighted by Crippen LogP contribution is 2.38. The molecule has 1 aromatic carbocycles. The number of allylic oxidation sites excluding steroid dienone is 1. The van der Waals surface area contributed by atoms with Crippen LogP contribution in [0.1, 0.15) is 15.9 Å². The maximum Gasteiger partial charge on any atom is 0.339 e. The summed E-state index contributed by atoms with van der Waals surface area (Å²) in [6, 6.07) is 2.70. The first-order valence-corrected chi connectivity index (χ1v) is 11.0. The van der Waals surface area contributed by atoms with Gasteiger partial charge in [0.2, 0.25) is 0 Å². The van der Waals surface area contributed by atoms with E-state index in [1.54, 1.807) is 6.08 Å². The van der Waals surface area contributed by atoms with Crippen molar-refractivity contribution in [2.45, 2.75) is 6.92 Å². The number of thioether (sulfide) groups is 2. The number of anilines is 1. The van der Waals surface area contributed by atoms with Gasteiger partial charge in [-0.1, -0.05) is 36.5 Å². The zero-order chi connectivity index (χ0) is 21.1. The number of hydrogen-bond acceptors (Lipinski definition) is 5. The monoisotopic (exact) mass is 451 g/mol. The SMILES string of the molecule is C=C1/C=C(/C(=O)Nc2scc(-c3ccc(C)c(F)c3F)c2C(=O)O)SC/C=C\S1. The van der Waals surface area contributed by atoms with E-state index in [-0.39, 0.29) is 27.3 Å². The number of aromatic carboxylic acids is 1. The van der Waals surface area contributed by atoms with E-state index in [1.807, 2.05) is 11.5 Å². The van der Waals surface area contributed by atoms with Crippen molar-refractivity contribution in [1.29, 1.82) is 0 Å². The first-order valence-electron chi connectivity index (χ1n) is 8.25. The largest absolute Gasteiger partial charge is 0.478 e. The number of carbonyl (C=O) groups is 2. The number of benzene rings is 1. The molecule has 150 valence electrons. The van der Waals surface area contributed by atoms with Crippen LogP contribution in [0.25, 0.3) is 11.1 Å². The van der Waals surface area contributed by atoms with Crippen molar-refractivity contribution >= 4 is 51.7 Å². The van der Waals surface area contributed by atoms with E-state index >= 15 is 0 Å². The third-order valence-corrected chi connectivity index (χ3v) is 6.58. The number of carboxylic acids is 1. The molecule has 9 heteroatoms. The lowest BCUT2D eigenvalue weighted by molar-refractivity contribution is -0.112. The average molecular weight is 452 g/mol. The standard InChI is InChI=1S/C20H15F2NO3S3/c1-10-4-5-12(17(22)16(10)21)13-9-29-19(15(13)20(25)26)23-18(24)14-8-11(2)27-6-3-7-28-14/h3-6,8-9H,2,7H2,1H3,(H,23,24)(H,25,26)/b6-3-,14-8-. The van der Waals surface area contributed by atoms with Crippen LogP contribution in [-0.2, 0) is 4.79 Å². The molecular formula is C20H15F2NO3S3. The minimum Gasteiger partial charge on any atom is -0.478 e. The number of aryl methyl sites for hydroxylation is 1. The Hall–Kier alpha value is -2.36. The molecule has 29 heavy (non-hydrogen) atoms. The molecule has 1 aromatic heterocycles. The Morgan fingerprint density at radius 1 is 1.21 bits per heavy atom. The predicted molar refractivity (Wildman–Crippen MR) is 116 cm³/mol. The molecule has 4 nitrogen and oxygen atoms in total. The fourth-order valence-electron chi connectivity index (χ4n) is 2.54. The lowest BCUT2D eigenvalue weighted by Crippen LogP contribution is -2.15. The highest BCUT2D eigenvalue weighted by atomic mass is 32.2. The van der Waals surface area contributed by atoms with Gasteiger partial charge in [-0.25, -0.2) is 13.6 Å². The Bertz CT molecular complexity index is 1070. The van der Waals surface area contributed by atoms with E-state index in [0.717, 1.165) is 11.3 Å². The number of amides is 1. The summed E-state index contributed by atoms with van der Waals surface area (Å²) in [7, 11) is 0. The van der Waals surface area contributed by atoms with Crippen molar-refractivity contribution in [2.75, 3.05) is 11.1 Å². The molecule has 2 N–H and O–H groups in total. The van der Waals surface area contributed by atoms with Crippen LogP contribution in [0.15, 0.2) is 51.5 Å². The fourth-order valence-corrected chi connectivity index (χ4v) is 5.02. The third kappa shape index (κ3) is 4.63. The van der Waals surface area contributed by atoms with Crippen LogP contribution >= 0.6 is 34.9 Å². The maximum absolute atomic E-state index is 14.4. The molecule has 1 aliphatic rings.